The second-order valence-corrected chi connectivity index (χ2v) is 11.5. The molecule has 1 unspecified atom stereocenters. The molecule has 1 saturated carbocycles. The van der Waals surface area contributed by atoms with Gasteiger partial charge in [-0.1, -0.05) is 60.7 Å². The average Bonchev–Trinajstić information content (AvgIpc) is 3.48. The Bertz CT molecular complexity index is 1280. The van der Waals surface area contributed by atoms with Crippen molar-refractivity contribution >= 4 is 26.9 Å². The molecule has 0 spiro atoms. The molecule has 1 aliphatic carbocycles. The van der Waals surface area contributed by atoms with E-state index in [1.54, 1.807) is 6.08 Å². The Kier molecular flexibility index (Phi) is 5.61. The highest BCUT2D eigenvalue weighted by atomic mass is 32.2. The second-order valence-electron chi connectivity index (χ2n) is 8.39. The van der Waals surface area contributed by atoms with Gasteiger partial charge in [-0.3, -0.25) is 8.89 Å². The van der Waals surface area contributed by atoms with Crippen LogP contribution in [0.5, 0.6) is 0 Å². The van der Waals surface area contributed by atoms with Crippen molar-refractivity contribution < 1.29 is 12.6 Å². The number of rotatable bonds is 7. The summed E-state index contributed by atoms with van der Waals surface area (Å²) in [5.74, 6) is 1.00. The van der Waals surface area contributed by atoms with E-state index in [0.717, 1.165) is 35.2 Å². The van der Waals surface area contributed by atoms with E-state index in [4.69, 9.17) is 5.10 Å². The van der Waals surface area contributed by atoms with E-state index >= 15 is 0 Å². The molecule has 8 heteroatoms. The first-order valence-corrected chi connectivity index (χ1v) is 13.7. The number of aryl methyl sites for hydroxylation is 1. The van der Waals surface area contributed by atoms with Crippen molar-refractivity contribution in [1.29, 1.82) is 0 Å². The Balaban J connectivity index is 1.45. The third-order valence-electron chi connectivity index (χ3n) is 6.04. The van der Waals surface area contributed by atoms with Crippen molar-refractivity contribution in [3.05, 3.63) is 94.1 Å². The van der Waals surface area contributed by atoms with Crippen LogP contribution in [0, 0.1) is 0 Å². The Morgan fingerprint density at radius 3 is 2.44 bits per heavy atom. The van der Waals surface area contributed by atoms with Gasteiger partial charge < -0.3 is 0 Å². The van der Waals surface area contributed by atoms with Crippen LogP contribution in [0.3, 0.4) is 0 Å². The zero-order valence-electron chi connectivity index (χ0n) is 17.6. The molecule has 0 radical (unpaired) electrons. The minimum atomic E-state index is -3.68. The Labute approximate surface area is 190 Å². The normalized spacial score (nSPS) is 19.7. The van der Waals surface area contributed by atoms with Crippen LogP contribution in [0.4, 0.5) is 0 Å². The molecule has 1 atom stereocenters. The van der Waals surface area contributed by atoms with Gasteiger partial charge >= 0.3 is 0 Å². The zero-order valence-corrected chi connectivity index (χ0v) is 19.2. The molecule has 166 valence electrons. The van der Waals surface area contributed by atoms with Gasteiger partial charge in [0.1, 0.15) is 0 Å². The molecule has 1 N–H and O–H groups in total. The quantitative estimate of drug-likeness (QED) is 0.578. The van der Waals surface area contributed by atoms with Gasteiger partial charge in [0.15, 0.2) is 0 Å². The minimum absolute atomic E-state index is 0.408. The van der Waals surface area contributed by atoms with Gasteiger partial charge in [-0.25, -0.2) is 13.1 Å². The summed E-state index contributed by atoms with van der Waals surface area (Å²) in [5.41, 5.74) is 4.06. The fraction of sp³-hybridized carbons (Fsp3) is 0.292. The predicted molar refractivity (Wildman–Crippen MR) is 127 cm³/mol. The number of fused-ring (bicyclic) bond motifs is 1. The standard InChI is InChI=1S/C24H25N3O3S2/c28-31-15-11-22-21(18-31)23(27(25-22)17-19-7-3-1-4-8-19)12-16-32(29,30)26-24(13-14-24)20-9-5-2-6-10-20/h1-10,12,16,26H,11,13-15,17-18H2/b16-12+. The van der Waals surface area contributed by atoms with Crippen LogP contribution < -0.4 is 4.72 Å². The van der Waals surface area contributed by atoms with Crippen LogP contribution in [0.2, 0.25) is 0 Å². The Morgan fingerprint density at radius 1 is 1.06 bits per heavy atom. The molecule has 1 fully saturated rings. The number of nitrogens with zero attached hydrogens (tertiary/aromatic N) is 2. The molecule has 3 aromatic rings. The molecule has 0 bridgehead atoms. The molecule has 0 saturated heterocycles. The molecule has 0 amide bonds. The van der Waals surface area contributed by atoms with E-state index < -0.39 is 26.4 Å². The topological polar surface area (TPSA) is 81.1 Å². The fourth-order valence-electron chi connectivity index (χ4n) is 4.22. The number of hydrogen-bond acceptors (Lipinski definition) is 4. The van der Waals surface area contributed by atoms with Crippen LogP contribution in [-0.4, -0.2) is 28.2 Å². The summed E-state index contributed by atoms with van der Waals surface area (Å²) < 4.78 is 42.9. The summed E-state index contributed by atoms with van der Waals surface area (Å²) in [4.78, 5) is 0. The van der Waals surface area contributed by atoms with Crippen LogP contribution >= 0.6 is 0 Å². The van der Waals surface area contributed by atoms with Crippen molar-refractivity contribution in [2.45, 2.75) is 37.1 Å². The van der Waals surface area contributed by atoms with Gasteiger partial charge in [0, 0.05) is 33.9 Å². The van der Waals surface area contributed by atoms with E-state index in [2.05, 4.69) is 4.72 Å². The largest absolute Gasteiger partial charge is 0.260 e. The molecule has 5 rings (SSSR count). The molecule has 32 heavy (non-hydrogen) atoms. The van der Waals surface area contributed by atoms with E-state index in [1.165, 1.54) is 5.41 Å². The number of aromatic nitrogens is 2. The monoisotopic (exact) mass is 467 g/mol. The summed E-state index contributed by atoms with van der Waals surface area (Å²) in [6, 6.07) is 19.6. The van der Waals surface area contributed by atoms with Gasteiger partial charge in [0.05, 0.1) is 29.2 Å². The summed E-state index contributed by atoms with van der Waals surface area (Å²) in [5, 5.41) is 5.96. The lowest BCUT2D eigenvalue weighted by Gasteiger charge is -2.16. The van der Waals surface area contributed by atoms with Crippen LogP contribution in [0.25, 0.3) is 6.08 Å². The molecule has 1 aliphatic heterocycles. The number of hydrogen-bond donors (Lipinski definition) is 1. The van der Waals surface area contributed by atoms with Crippen molar-refractivity contribution in [2.75, 3.05) is 5.75 Å². The van der Waals surface area contributed by atoms with Gasteiger partial charge in [-0.15, -0.1) is 0 Å². The van der Waals surface area contributed by atoms with E-state index in [-0.39, 0.29) is 0 Å². The SMILES string of the molecule is O=S1CCc2nn(Cc3ccccc3)c(/C=C/S(=O)(=O)NC3(c4ccccc4)CC3)c2C1. The molecular weight excluding hydrogens is 442 g/mol. The smallest absolute Gasteiger partial charge is 0.234 e. The Hall–Kier alpha value is -2.55. The molecule has 6 nitrogen and oxygen atoms in total. The Morgan fingerprint density at radius 2 is 1.75 bits per heavy atom. The summed E-state index contributed by atoms with van der Waals surface area (Å²) in [6.07, 6.45) is 3.82. The molecule has 2 heterocycles. The van der Waals surface area contributed by atoms with Crippen LogP contribution in [-0.2, 0) is 45.1 Å². The van der Waals surface area contributed by atoms with Crippen molar-refractivity contribution in [3.63, 3.8) is 0 Å². The highest BCUT2D eigenvalue weighted by molar-refractivity contribution is 7.92. The number of sulfonamides is 1. The zero-order chi connectivity index (χ0) is 22.2. The summed E-state index contributed by atoms with van der Waals surface area (Å²) in [6.45, 7) is 0.529. The van der Waals surface area contributed by atoms with Crippen LogP contribution in [0.1, 0.15) is 40.9 Å². The molecule has 2 aliphatic rings. The second kappa shape index (κ2) is 8.42. The van der Waals surface area contributed by atoms with E-state index in [9.17, 15) is 12.6 Å². The average molecular weight is 468 g/mol. The number of benzene rings is 2. The number of nitrogens with one attached hydrogen (secondary N) is 1. The lowest BCUT2D eigenvalue weighted by molar-refractivity contribution is 0.560. The van der Waals surface area contributed by atoms with Gasteiger partial charge in [-0.2, -0.15) is 5.10 Å². The highest BCUT2D eigenvalue weighted by Gasteiger charge is 2.46. The van der Waals surface area contributed by atoms with Crippen molar-refractivity contribution in [1.82, 2.24) is 14.5 Å². The van der Waals surface area contributed by atoms with Gasteiger partial charge in [-0.05, 0) is 30.0 Å². The first-order valence-electron chi connectivity index (χ1n) is 10.7. The first-order chi connectivity index (χ1) is 15.4. The highest BCUT2D eigenvalue weighted by Crippen LogP contribution is 2.46. The summed E-state index contributed by atoms with van der Waals surface area (Å²) >= 11 is 0. The maximum absolute atomic E-state index is 13.0. The summed E-state index contributed by atoms with van der Waals surface area (Å²) in [7, 11) is -4.63. The van der Waals surface area contributed by atoms with E-state index in [1.807, 2.05) is 65.3 Å². The first kappa shape index (κ1) is 21.3. The lowest BCUT2D eigenvalue weighted by Crippen LogP contribution is -2.33. The molecule has 1 aromatic heterocycles. The maximum Gasteiger partial charge on any atom is 0.234 e. The molecular formula is C24H25N3O3S2. The van der Waals surface area contributed by atoms with E-state index in [0.29, 0.717) is 30.2 Å². The third kappa shape index (κ3) is 4.48. The maximum atomic E-state index is 13.0. The van der Waals surface area contributed by atoms with Crippen molar-refractivity contribution in [2.24, 2.45) is 0 Å². The molecule has 2 aromatic carbocycles. The minimum Gasteiger partial charge on any atom is -0.260 e. The lowest BCUT2D eigenvalue weighted by atomic mass is 10.1. The van der Waals surface area contributed by atoms with Gasteiger partial charge in [0.2, 0.25) is 10.0 Å². The third-order valence-corrected chi connectivity index (χ3v) is 8.48. The predicted octanol–water partition coefficient (Wildman–Crippen LogP) is 3.32. The fourth-order valence-corrected chi connectivity index (χ4v) is 6.67. The van der Waals surface area contributed by atoms with Crippen LogP contribution in [0.15, 0.2) is 66.1 Å². The van der Waals surface area contributed by atoms with Gasteiger partial charge in [0.25, 0.3) is 0 Å². The van der Waals surface area contributed by atoms with Crippen molar-refractivity contribution in [3.8, 4) is 0 Å².